The standard InChI is InChI=1S/C13H18ClN3O/c14-10-3-4-12(15)11(9-10)13(18)16-5-8-17-6-1-2-7-17/h3-4,9H,1-2,5-8,15H2,(H,16,18). The summed E-state index contributed by atoms with van der Waals surface area (Å²) in [5.41, 5.74) is 6.66. The molecule has 0 atom stereocenters. The molecule has 1 heterocycles. The highest BCUT2D eigenvalue weighted by atomic mass is 35.5. The van der Waals surface area contributed by atoms with Crippen LogP contribution in [0.2, 0.25) is 5.02 Å². The summed E-state index contributed by atoms with van der Waals surface area (Å²) in [6.07, 6.45) is 2.52. The summed E-state index contributed by atoms with van der Waals surface area (Å²) >= 11 is 5.85. The minimum absolute atomic E-state index is 0.158. The Kier molecular flexibility index (Phi) is 4.44. The average molecular weight is 268 g/mol. The summed E-state index contributed by atoms with van der Waals surface area (Å²) in [5, 5.41) is 3.40. The third-order valence-electron chi connectivity index (χ3n) is 3.17. The molecule has 98 valence electrons. The van der Waals surface area contributed by atoms with Crippen molar-refractivity contribution in [2.45, 2.75) is 12.8 Å². The van der Waals surface area contributed by atoms with Crippen LogP contribution < -0.4 is 11.1 Å². The highest BCUT2D eigenvalue weighted by molar-refractivity contribution is 6.31. The zero-order valence-corrected chi connectivity index (χ0v) is 11.0. The Morgan fingerprint density at radius 2 is 2.11 bits per heavy atom. The van der Waals surface area contributed by atoms with Crippen LogP contribution in [0.25, 0.3) is 0 Å². The van der Waals surface area contributed by atoms with Gasteiger partial charge in [0.15, 0.2) is 0 Å². The Morgan fingerprint density at radius 1 is 1.39 bits per heavy atom. The zero-order chi connectivity index (χ0) is 13.0. The van der Waals surface area contributed by atoms with E-state index in [2.05, 4.69) is 10.2 Å². The second-order valence-electron chi connectivity index (χ2n) is 4.54. The fraction of sp³-hybridized carbons (Fsp3) is 0.462. The molecule has 5 heteroatoms. The van der Waals surface area contributed by atoms with Gasteiger partial charge in [-0.05, 0) is 44.1 Å². The molecule has 3 N–H and O–H groups in total. The van der Waals surface area contributed by atoms with Crippen molar-refractivity contribution < 1.29 is 4.79 Å². The molecular weight excluding hydrogens is 250 g/mol. The van der Waals surface area contributed by atoms with Gasteiger partial charge >= 0.3 is 0 Å². The molecule has 1 fully saturated rings. The van der Waals surface area contributed by atoms with Crippen molar-refractivity contribution >= 4 is 23.2 Å². The van der Waals surface area contributed by atoms with Gasteiger partial charge in [0.25, 0.3) is 5.91 Å². The minimum atomic E-state index is -0.158. The van der Waals surface area contributed by atoms with Crippen molar-refractivity contribution in [3.63, 3.8) is 0 Å². The van der Waals surface area contributed by atoms with Gasteiger partial charge in [-0.2, -0.15) is 0 Å². The highest BCUT2D eigenvalue weighted by Gasteiger charge is 2.13. The van der Waals surface area contributed by atoms with Gasteiger partial charge in [0.2, 0.25) is 0 Å². The van der Waals surface area contributed by atoms with Crippen LogP contribution in [0, 0.1) is 0 Å². The Hall–Kier alpha value is -1.26. The van der Waals surface area contributed by atoms with E-state index in [0.717, 1.165) is 19.6 Å². The summed E-state index contributed by atoms with van der Waals surface area (Å²) in [7, 11) is 0. The molecule has 1 aliphatic rings. The molecule has 0 bridgehead atoms. The molecule has 0 unspecified atom stereocenters. The van der Waals surface area contributed by atoms with Gasteiger partial charge in [-0.3, -0.25) is 4.79 Å². The number of carbonyl (C=O) groups excluding carboxylic acids is 1. The first-order valence-corrected chi connectivity index (χ1v) is 6.60. The van der Waals surface area contributed by atoms with Crippen molar-refractivity contribution in [2.24, 2.45) is 0 Å². The molecule has 1 amide bonds. The van der Waals surface area contributed by atoms with Crippen molar-refractivity contribution in [1.29, 1.82) is 0 Å². The number of carbonyl (C=O) groups is 1. The van der Waals surface area contributed by atoms with Gasteiger partial charge in [-0.15, -0.1) is 0 Å². The first-order valence-electron chi connectivity index (χ1n) is 6.22. The Morgan fingerprint density at radius 3 is 2.83 bits per heavy atom. The fourth-order valence-electron chi connectivity index (χ4n) is 2.15. The van der Waals surface area contributed by atoms with E-state index in [-0.39, 0.29) is 5.91 Å². The number of benzene rings is 1. The van der Waals surface area contributed by atoms with Gasteiger partial charge in [0.05, 0.1) is 5.56 Å². The van der Waals surface area contributed by atoms with E-state index in [1.165, 1.54) is 12.8 Å². The number of likely N-dealkylation sites (tertiary alicyclic amines) is 1. The molecule has 0 aliphatic carbocycles. The zero-order valence-electron chi connectivity index (χ0n) is 10.3. The van der Waals surface area contributed by atoms with Crippen LogP contribution in [-0.2, 0) is 0 Å². The molecule has 1 aliphatic heterocycles. The number of anilines is 1. The summed E-state index contributed by atoms with van der Waals surface area (Å²) in [6, 6.07) is 4.93. The lowest BCUT2D eigenvalue weighted by atomic mass is 10.1. The van der Waals surface area contributed by atoms with Crippen LogP contribution in [0.1, 0.15) is 23.2 Å². The van der Waals surface area contributed by atoms with Crippen molar-refractivity contribution in [3.8, 4) is 0 Å². The van der Waals surface area contributed by atoms with E-state index in [9.17, 15) is 4.79 Å². The van der Waals surface area contributed by atoms with Crippen molar-refractivity contribution in [1.82, 2.24) is 10.2 Å². The van der Waals surface area contributed by atoms with Crippen LogP contribution in [0.5, 0.6) is 0 Å². The summed E-state index contributed by atoms with van der Waals surface area (Å²) in [5.74, 6) is -0.158. The third-order valence-corrected chi connectivity index (χ3v) is 3.41. The number of rotatable bonds is 4. The number of nitrogen functional groups attached to an aromatic ring is 1. The molecule has 1 aromatic rings. The molecule has 4 nitrogen and oxygen atoms in total. The first-order chi connectivity index (χ1) is 8.66. The number of hydrogen-bond acceptors (Lipinski definition) is 3. The number of nitrogens with two attached hydrogens (primary N) is 1. The Balaban J connectivity index is 1.85. The Bertz CT molecular complexity index is 430. The molecule has 18 heavy (non-hydrogen) atoms. The highest BCUT2D eigenvalue weighted by Crippen LogP contribution is 2.17. The van der Waals surface area contributed by atoms with E-state index in [0.29, 0.717) is 22.8 Å². The topological polar surface area (TPSA) is 58.4 Å². The van der Waals surface area contributed by atoms with Crippen molar-refractivity contribution in [2.75, 3.05) is 31.9 Å². The predicted octanol–water partition coefficient (Wildman–Crippen LogP) is 1.75. The molecule has 2 rings (SSSR count). The van der Waals surface area contributed by atoms with Crippen LogP contribution in [0.4, 0.5) is 5.69 Å². The number of amides is 1. The van der Waals surface area contributed by atoms with Gasteiger partial charge in [0, 0.05) is 23.8 Å². The number of nitrogens with one attached hydrogen (secondary N) is 1. The SMILES string of the molecule is Nc1ccc(Cl)cc1C(=O)NCCN1CCCC1. The lowest BCUT2D eigenvalue weighted by Crippen LogP contribution is -2.33. The molecule has 1 saturated heterocycles. The van der Waals surface area contributed by atoms with Crippen molar-refractivity contribution in [3.05, 3.63) is 28.8 Å². The van der Waals surface area contributed by atoms with Gasteiger partial charge < -0.3 is 16.0 Å². The summed E-state index contributed by atoms with van der Waals surface area (Å²) in [6.45, 7) is 3.81. The van der Waals surface area contributed by atoms with E-state index in [1.54, 1.807) is 18.2 Å². The van der Waals surface area contributed by atoms with Gasteiger partial charge in [-0.25, -0.2) is 0 Å². The molecule has 0 spiro atoms. The number of hydrogen-bond donors (Lipinski definition) is 2. The maximum atomic E-state index is 11.9. The molecule has 1 aromatic carbocycles. The predicted molar refractivity (Wildman–Crippen MR) is 73.9 cm³/mol. The van der Waals surface area contributed by atoms with Gasteiger partial charge in [0.1, 0.15) is 0 Å². The van der Waals surface area contributed by atoms with E-state index in [4.69, 9.17) is 17.3 Å². The smallest absolute Gasteiger partial charge is 0.253 e. The number of halogens is 1. The second kappa shape index (κ2) is 6.07. The number of nitrogens with zero attached hydrogens (tertiary/aromatic N) is 1. The lowest BCUT2D eigenvalue weighted by Gasteiger charge is -2.15. The lowest BCUT2D eigenvalue weighted by molar-refractivity contribution is 0.0950. The minimum Gasteiger partial charge on any atom is -0.398 e. The molecule has 0 saturated carbocycles. The average Bonchev–Trinajstić information content (AvgIpc) is 2.85. The molecular formula is C13H18ClN3O. The van der Waals surface area contributed by atoms with Crippen LogP contribution in [-0.4, -0.2) is 37.0 Å². The summed E-state index contributed by atoms with van der Waals surface area (Å²) < 4.78 is 0. The maximum absolute atomic E-state index is 11.9. The van der Waals surface area contributed by atoms with Crippen LogP contribution >= 0.6 is 11.6 Å². The monoisotopic (exact) mass is 267 g/mol. The quantitative estimate of drug-likeness (QED) is 0.817. The normalized spacial score (nSPS) is 15.8. The molecule has 0 aromatic heterocycles. The van der Waals surface area contributed by atoms with Crippen LogP contribution in [0.15, 0.2) is 18.2 Å². The van der Waals surface area contributed by atoms with E-state index in [1.807, 2.05) is 0 Å². The third kappa shape index (κ3) is 3.37. The maximum Gasteiger partial charge on any atom is 0.253 e. The first kappa shape index (κ1) is 13.2. The molecule has 0 radical (unpaired) electrons. The summed E-state index contributed by atoms with van der Waals surface area (Å²) in [4.78, 5) is 14.3. The Labute approximate surface area is 112 Å². The van der Waals surface area contributed by atoms with E-state index >= 15 is 0 Å². The van der Waals surface area contributed by atoms with E-state index < -0.39 is 0 Å². The largest absolute Gasteiger partial charge is 0.398 e. The van der Waals surface area contributed by atoms with Gasteiger partial charge in [-0.1, -0.05) is 11.6 Å². The fourth-order valence-corrected chi connectivity index (χ4v) is 2.33. The second-order valence-corrected chi connectivity index (χ2v) is 4.97. The van der Waals surface area contributed by atoms with Crippen LogP contribution in [0.3, 0.4) is 0 Å².